The zero-order valence-corrected chi connectivity index (χ0v) is 14.5. The van der Waals surface area contributed by atoms with Crippen molar-refractivity contribution in [3.8, 4) is 11.5 Å². The van der Waals surface area contributed by atoms with Gasteiger partial charge in [0, 0.05) is 12.0 Å². The highest BCUT2D eigenvalue weighted by molar-refractivity contribution is 6.61. The highest BCUT2D eigenvalue weighted by Gasteiger charge is 2.46. The lowest BCUT2D eigenvalue weighted by atomic mass is 9.69. The minimum atomic E-state index is -0.382. The number of rotatable bonds is 3. The van der Waals surface area contributed by atoms with Gasteiger partial charge in [-0.25, -0.2) is 4.39 Å². The molecular formula is C19H22BFO3. The molecule has 0 spiro atoms. The molecule has 3 rings (SSSR count). The van der Waals surface area contributed by atoms with E-state index in [1.165, 1.54) is 12.1 Å². The zero-order valence-electron chi connectivity index (χ0n) is 14.5. The molecule has 1 aliphatic heterocycles. The SMILES string of the molecule is CC1(C)COB(c2ccc(Oc3ccc(F)cc3)cc2)OC1(C)C. The molecule has 0 aromatic heterocycles. The van der Waals surface area contributed by atoms with Crippen molar-refractivity contribution in [1.82, 2.24) is 0 Å². The number of hydrogen-bond donors (Lipinski definition) is 0. The topological polar surface area (TPSA) is 27.7 Å². The van der Waals surface area contributed by atoms with Crippen molar-refractivity contribution < 1.29 is 18.4 Å². The minimum Gasteiger partial charge on any atom is -0.457 e. The van der Waals surface area contributed by atoms with Gasteiger partial charge in [-0.15, -0.1) is 0 Å². The lowest BCUT2D eigenvalue weighted by Crippen LogP contribution is -2.58. The van der Waals surface area contributed by atoms with Crippen LogP contribution in [0.4, 0.5) is 4.39 Å². The highest BCUT2D eigenvalue weighted by atomic mass is 19.1. The van der Waals surface area contributed by atoms with Gasteiger partial charge >= 0.3 is 7.12 Å². The standard InChI is InChI=1S/C19H22BFO3/c1-18(2)13-22-20(24-19(18,3)4)14-5-9-16(10-6-14)23-17-11-7-15(21)8-12-17/h5-12H,13H2,1-4H3. The monoisotopic (exact) mass is 328 g/mol. The van der Waals surface area contributed by atoms with E-state index in [0.717, 1.165) is 5.46 Å². The second kappa shape index (κ2) is 6.23. The summed E-state index contributed by atoms with van der Waals surface area (Å²) in [5.74, 6) is 0.993. The molecule has 0 saturated carbocycles. The molecule has 126 valence electrons. The van der Waals surface area contributed by atoms with E-state index in [4.69, 9.17) is 14.0 Å². The Morgan fingerprint density at radius 3 is 2.00 bits per heavy atom. The maximum absolute atomic E-state index is 12.9. The van der Waals surface area contributed by atoms with E-state index < -0.39 is 0 Å². The summed E-state index contributed by atoms with van der Waals surface area (Å²) in [6.45, 7) is 9.10. The maximum atomic E-state index is 12.9. The summed E-state index contributed by atoms with van der Waals surface area (Å²) in [7, 11) is -0.382. The number of ether oxygens (including phenoxy) is 1. The van der Waals surface area contributed by atoms with Gasteiger partial charge in [0.2, 0.25) is 0 Å². The highest BCUT2D eigenvalue weighted by Crippen LogP contribution is 2.38. The first-order valence-electron chi connectivity index (χ1n) is 8.10. The second-order valence-electron chi connectivity index (χ2n) is 7.28. The molecule has 0 aliphatic carbocycles. The Kier molecular flexibility index (Phi) is 4.41. The van der Waals surface area contributed by atoms with Crippen molar-refractivity contribution in [1.29, 1.82) is 0 Å². The molecule has 2 aromatic carbocycles. The van der Waals surface area contributed by atoms with E-state index in [1.54, 1.807) is 12.1 Å². The summed E-state index contributed by atoms with van der Waals surface area (Å²) in [4.78, 5) is 0. The molecule has 5 heteroatoms. The van der Waals surface area contributed by atoms with Gasteiger partial charge < -0.3 is 14.0 Å². The van der Waals surface area contributed by atoms with E-state index in [0.29, 0.717) is 18.1 Å². The molecule has 0 atom stereocenters. The lowest BCUT2D eigenvalue weighted by molar-refractivity contribution is -0.0937. The normalized spacial score (nSPS) is 19.1. The van der Waals surface area contributed by atoms with Crippen LogP contribution in [-0.4, -0.2) is 19.3 Å². The summed E-state index contributed by atoms with van der Waals surface area (Å²) >= 11 is 0. The fourth-order valence-electron chi connectivity index (χ4n) is 2.41. The minimum absolute atomic E-state index is 0.0465. The smallest absolute Gasteiger partial charge is 0.457 e. The third-order valence-electron chi connectivity index (χ3n) is 4.83. The van der Waals surface area contributed by atoms with Gasteiger partial charge in [0.25, 0.3) is 0 Å². The third kappa shape index (κ3) is 3.47. The van der Waals surface area contributed by atoms with Crippen molar-refractivity contribution in [2.75, 3.05) is 6.61 Å². The van der Waals surface area contributed by atoms with Crippen molar-refractivity contribution in [2.45, 2.75) is 33.3 Å². The maximum Gasteiger partial charge on any atom is 0.494 e. The van der Waals surface area contributed by atoms with Gasteiger partial charge in [-0.2, -0.15) is 0 Å². The van der Waals surface area contributed by atoms with Crippen LogP contribution in [0, 0.1) is 11.2 Å². The van der Waals surface area contributed by atoms with Crippen molar-refractivity contribution >= 4 is 12.6 Å². The molecule has 1 heterocycles. The predicted octanol–water partition coefficient (Wildman–Crippen LogP) is 4.16. The van der Waals surface area contributed by atoms with E-state index in [1.807, 2.05) is 24.3 Å². The molecule has 1 fully saturated rings. The van der Waals surface area contributed by atoms with E-state index in [9.17, 15) is 4.39 Å². The fourth-order valence-corrected chi connectivity index (χ4v) is 2.41. The molecule has 1 saturated heterocycles. The first-order valence-corrected chi connectivity index (χ1v) is 8.10. The zero-order chi connectivity index (χ0) is 17.4. The Bertz CT molecular complexity index is 696. The molecule has 0 radical (unpaired) electrons. The van der Waals surface area contributed by atoms with Crippen LogP contribution in [0.2, 0.25) is 0 Å². The van der Waals surface area contributed by atoms with Crippen LogP contribution in [-0.2, 0) is 9.31 Å². The Labute approximate surface area is 142 Å². The molecule has 0 amide bonds. The van der Waals surface area contributed by atoms with E-state index in [2.05, 4.69) is 27.7 Å². The van der Waals surface area contributed by atoms with Gasteiger partial charge in [0.15, 0.2) is 0 Å². The van der Waals surface area contributed by atoms with Crippen LogP contribution in [0.25, 0.3) is 0 Å². The largest absolute Gasteiger partial charge is 0.494 e. The summed E-state index contributed by atoms with van der Waals surface area (Å²) in [5, 5.41) is 0. The van der Waals surface area contributed by atoms with Gasteiger partial charge in [0.05, 0.1) is 5.60 Å². The van der Waals surface area contributed by atoms with Crippen LogP contribution in [0.15, 0.2) is 48.5 Å². The Morgan fingerprint density at radius 1 is 0.917 bits per heavy atom. The van der Waals surface area contributed by atoms with Gasteiger partial charge in [-0.3, -0.25) is 0 Å². The fraction of sp³-hybridized carbons (Fsp3) is 0.368. The summed E-state index contributed by atoms with van der Waals surface area (Å²) in [5.41, 5.74) is 0.624. The summed E-state index contributed by atoms with van der Waals surface area (Å²) < 4.78 is 30.6. The Hall–Kier alpha value is -1.85. The average molecular weight is 328 g/mol. The molecule has 0 N–H and O–H groups in total. The Morgan fingerprint density at radius 2 is 1.46 bits per heavy atom. The molecular weight excluding hydrogens is 306 g/mol. The van der Waals surface area contributed by atoms with Crippen LogP contribution in [0.1, 0.15) is 27.7 Å². The summed E-state index contributed by atoms with van der Waals surface area (Å²) in [6.07, 6.45) is 0. The Balaban J connectivity index is 1.70. The first kappa shape index (κ1) is 17.0. The number of benzene rings is 2. The van der Waals surface area contributed by atoms with Crippen molar-refractivity contribution in [3.05, 3.63) is 54.3 Å². The van der Waals surface area contributed by atoms with Crippen molar-refractivity contribution in [3.63, 3.8) is 0 Å². The van der Waals surface area contributed by atoms with Crippen LogP contribution < -0.4 is 10.2 Å². The van der Waals surface area contributed by atoms with Gasteiger partial charge in [-0.05, 0) is 55.7 Å². The van der Waals surface area contributed by atoms with Gasteiger partial charge in [-0.1, -0.05) is 26.0 Å². The molecule has 24 heavy (non-hydrogen) atoms. The quantitative estimate of drug-likeness (QED) is 0.792. The van der Waals surface area contributed by atoms with Crippen LogP contribution in [0.3, 0.4) is 0 Å². The number of hydrogen-bond acceptors (Lipinski definition) is 3. The molecule has 2 aromatic rings. The second-order valence-corrected chi connectivity index (χ2v) is 7.28. The molecule has 3 nitrogen and oxygen atoms in total. The molecule has 0 bridgehead atoms. The number of halogens is 1. The lowest BCUT2D eigenvalue weighted by Gasteiger charge is -2.47. The molecule has 0 unspecified atom stereocenters. The van der Waals surface area contributed by atoms with Gasteiger partial charge in [0.1, 0.15) is 17.3 Å². The third-order valence-corrected chi connectivity index (χ3v) is 4.83. The average Bonchev–Trinajstić information content (AvgIpc) is 2.53. The molecule has 1 aliphatic rings. The van der Waals surface area contributed by atoms with Crippen LogP contribution >= 0.6 is 0 Å². The van der Waals surface area contributed by atoms with E-state index in [-0.39, 0.29) is 24.0 Å². The van der Waals surface area contributed by atoms with Crippen molar-refractivity contribution in [2.24, 2.45) is 5.41 Å². The summed E-state index contributed by atoms with van der Waals surface area (Å²) in [6, 6.07) is 13.5. The van der Waals surface area contributed by atoms with Crippen LogP contribution in [0.5, 0.6) is 11.5 Å². The first-order chi connectivity index (χ1) is 11.3. The predicted molar refractivity (Wildman–Crippen MR) is 93.2 cm³/mol. The van der Waals surface area contributed by atoms with E-state index >= 15 is 0 Å².